The van der Waals surface area contributed by atoms with Gasteiger partial charge in [-0.1, -0.05) is 11.8 Å². The molecule has 106 valence electrons. The van der Waals surface area contributed by atoms with E-state index < -0.39 is 0 Å². The molecule has 0 radical (unpaired) electrons. The maximum Gasteiger partial charge on any atom is 0.119 e. The summed E-state index contributed by atoms with van der Waals surface area (Å²) < 4.78 is 11.1. The maximum atomic E-state index is 5.57. The summed E-state index contributed by atoms with van der Waals surface area (Å²) in [6, 6.07) is 7.56. The van der Waals surface area contributed by atoms with Crippen LogP contribution in [0.1, 0.15) is 25.7 Å². The third kappa shape index (κ3) is 7.85. The first-order valence-corrected chi connectivity index (χ1v) is 7.15. The lowest BCUT2D eigenvalue weighted by Crippen LogP contribution is -1.98. The zero-order valence-corrected chi connectivity index (χ0v) is 12.6. The zero-order chi connectivity index (χ0) is 14.5. The molecule has 0 atom stereocenters. The average Bonchev–Trinajstić information content (AvgIpc) is 2.48. The van der Waals surface area contributed by atoms with Gasteiger partial charge in [0.25, 0.3) is 0 Å². The molecule has 2 nitrogen and oxygen atoms in total. The molecule has 1 rings (SSSR count). The third-order valence-corrected chi connectivity index (χ3v) is 2.65. The van der Waals surface area contributed by atoms with Crippen molar-refractivity contribution in [2.45, 2.75) is 25.7 Å². The minimum Gasteiger partial charge on any atom is -0.494 e. The van der Waals surface area contributed by atoms with Crippen molar-refractivity contribution < 1.29 is 9.47 Å². The van der Waals surface area contributed by atoms with Crippen LogP contribution < -0.4 is 9.47 Å². The van der Waals surface area contributed by atoms with E-state index >= 15 is 0 Å². The van der Waals surface area contributed by atoms with Crippen molar-refractivity contribution in [2.24, 2.45) is 0 Å². The van der Waals surface area contributed by atoms with Crippen molar-refractivity contribution in [1.29, 1.82) is 0 Å². The molecule has 0 aromatic heterocycles. The van der Waals surface area contributed by atoms with E-state index in [1.165, 1.54) is 0 Å². The molecule has 4 heteroatoms. The van der Waals surface area contributed by atoms with Gasteiger partial charge in [-0.2, -0.15) is 0 Å². The topological polar surface area (TPSA) is 18.5 Å². The SMILES string of the molecule is ClC#CCCCOc1ccc(OCCCC#CCl)cc1. The normalized spacial score (nSPS) is 8.90. The molecule has 0 heterocycles. The van der Waals surface area contributed by atoms with E-state index in [0.29, 0.717) is 13.2 Å². The van der Waals surface area contributed by atoms with E-state index in [2.05, 4.69) is 22.6 Å². The summed E-state index contributed by atoms with van der Waals surface area (Å²) in [7, 11) is 0. The third-order valence-electron chi connectivity index (χ3n) is 2.39. The van der Waals surface area contributed by atoms with Crippen LogP contribution in [-0.2, 0) is 0 Å². The van der Waals surface area contributed by atoms with Crippen molar-refractivity contribution in [2.75, 3.05) is 13.2 Å². The van der Waals surface area contributed by atoms with Crippen LogP contribution in [0, 0.1) is 22.6 Å². The number of hydrogen-bond donors (Lipinski definition) is 0. The van der Waals surface area contributed by atoms with Gasteiger partial charge >= 0.3 is 0 Å². The highest BCUT2D eigenvalue weighted by atomic mass is 35.5. The van der Waals surface area contributed by atoms with Crippen LogP contribution in [0.3, 0.4) is 0 Å². The van der Waals surface area contributed by atoms with Crippen molar-refractivity contribution in [1.82, 2.24) is 0 Å². The van der Waals surface area contributed by atoms with Crippen LogP contribution in [-0.4, -0.2) is 13.2 Å². The van der Waals surface area contributed by atoms with Crippen molar-refractivity contribution in [3.63, 3.8) is 0 Å². The summed E-state index contributed by atoms with van der Waals surface area (Å²) in [5.74, 6) is 7.20. The van der Waals surface area contributed by atoms with Crippen molar-refractivity contribution >= 4 is 23.2 Å². The molecule has 0 unspecified atom stereocenters. The molecule has 0 spiro atoms. The zero-order valence-electron chi connectivity index (χ0n) is 11.1. The molecule has 0 bridgehead atoms. The summed E-state index contributed by atoms with van der Waals surface area (Å²) in [6.07, 6.45) is 3.21. The molecule has 20 heavy (non-hydrogen) atoms. The first kappa shape index (κ1) is 16.6. The fourth-order valence-electron chi connectivity index (χ4n) is 1.43. The molecule has 0 amide bonds. The molecule has 1 aromatic carbocycles. The van der Waals surface area contributed by atoms with E-state index in [1.807, 2.05) is 24.3 Å². The molecule has 1 aromatic rings. The first-order chi connectivity index (χ1) is 9.86. The van der Waals surface area contributed by atoms with Crippen LogP contribution in [0.15, 0.2) is 24.3 Å². The van der Waals surface area contributed by atoms with Crippen LogP contribution in [0.4, 0.5) is 0 Å². The van der Waals surface area contributed by atoms with Gasteiger partial charge in [0.1, 0.15) is 11.5 Å². The largest absolute Gasteiger partial charge is 0.494 e. The predicted octanol–water partition coefficient (Wildman–Crippen LogP) is 4.40. The Morgan fingerprint density at radius 2 is 1.15 bits per heavy atom. The Morgan fingerprint density at radius 3 is 1.50 bits per heavy atom. The summed E-state index contributed by atoms with van der Waals surface area (Å²) in [5, 5.41) is 4.68. The quantitative estimate of drug-likeness (QED) is 0.523. The standard InChI is InChI=1S/C16H16Cl2O2/c17-11-3-1-5-13-19-15-7-9-16(10-8-15)20-14-6-2-4-12-18/h7-10H,1-2,5-6,13-14H2. The van der Waals surface area contributed by atoms with Gasteiger partial charge < -0.3 is 9.47 Å². The maximum absolute atomic E-state index is 5.57. The number of rotatable bonds is 8. The Morgan fingerprint density at radius 1 is 0.750 bits per heavy atom. The molecule has 0 aliphatic heterocycles. The van der Waals surface area contributed by atoms with E-state index in [9.17, 15) is 0 Å². The minimum atomic E-state index is 0.628. The Balaban J connectivity index is 2.21. The lowest BCUT2D eigenvalue weighted by Gasteiger charge is -2.07. The first-order valence-electron chi connectivity index (χ1n) is 6.39. The van der Waals surface area contributed by atoms with Gasteiger partial charge in [-0.3, -0.25) is 0 Å². The number of halogens is 2. The van der Waals surface area contributed by atoms with Gasteiger partial charge in [0, 0.05) is 23.6 Å². The van der Waals surface area contributed by atoms with E-state index in [4.69, 9.17) is 32.7 Å². The number of hydrogen-bond acceptors (Lipinski definition) is 2. The van der Waals surface area contributed by atoms with Crippen molar-refractivity contribution in [3.8, 4) is 34.1 Å². The van der Waals surface area contributed by atoms with Crippen molar-refractivity contribution in [3.05, 3.63) is 24.3 Å². The lowest BCUT2D eigenvalue weighted by atomic mass is 10.3. The molecule has 0 saturated carbocycles. The van der Waals surface area contributed by atoms with Crippen LogP contribution in [0.5, 0.6) is 11.5 Å². The fraction of sp³-hybridized carbons (Fsp3) is 0.375. The average molecular weight is 311 g/mol. The molecule has 0 fully saturated rings. The number of ether oxygens (including phenoxy) is 2. The number of unbranched alkanes of at least 4 members (excludes halogenated alkanes) is 2. The highest BCUT2D eigenvalue weighted by molar-refractivity contribution is 6.30. The monoisotopic (exact) mass is 310 g/mol. The Hall–Kier alpha value is -1.48. The van der Waals surface area contributed by atoms with Crippen LogP contribution in [0.2, 0.25) is 0 Å². The Labute approximate surface area is 130 Å². The molecule has 0 saturated heterocycles. The summed E-state index contributed by atoms with van der Waals surface area (Å²) in [5.41, 5.74) is 0. The fourth-order valence-corrected chi connectivity index (χ4v) is 1.62. The number of benzene rings is 1. The molecular formula is C16H16Cl2O2. The highest BCUT2D eigenvalue weighted by Crippen LogP contribution is 2.18. The summed E-state index contributed by atoms with van der Waals surface area (Å²) in [4.78, 5) is 0. The molecular weight excluding hydrogens is 295 g/mol. The highest BCUT2D eigenvalue weighted by Gasteiger charge is 1.96. The smallest absolute Gasteiger partial charge is 0.119 e. The van der Waals surface area contributed by atoms with Gasteiger partial charge in [-0.05, 0) is 60.3 Å². The van der Waals surface area contributed by atoms with E-state index in [0.717, 1.165) is 37.2 Å². The van der Waals surface area contributed by atoms with Gasteiger partial charge in [0.15, 0.2) is 0 Å². The minimum absolute atomic E-state index is 0.628. The molecule has 0 N–H and O–H groups in total. The van der Waals surface area contributed by atoms with Gasteiger partial charge in [0.05, 0.1) is 13.2 Å². The summed E-state index contributed by atoms with van der Waals surface area (Å²) >= 11 is 10.5. The van der Waals surface area contributed by atoms with Crippen LogP contribution >= 0.6 is 23.2 Å². The van der Waals surface area contributed by atoms with Gasteiger partial charge in [-0.25, -0.2) is 0 Å². The van der Waals surface area contributed by atoms with Gasteiger partial charge in [-0.15, -0.1) is 0 Å². The molecule has 0 aliphatic rings. The lowest BCUT2D eigenvalue weighted by molar-refractivity contribution is 0.304. The van der Waals surface area contributed by atoms with Crippen LogP contribution in [0.25, 0.3) is 0 Å². The Kier molecular flexibility index (Phi) is 9.41. The summed E-state index contributed by atoms with van der Waals surface area (Å²) in [6.45, 7) is 1.26. The van der Waals surface area contributed by atoms with E-state index in [-0.39, 0.29) is 0 Å². The Bertz CT molecular complexity index is 442. The van der Waals surface area contributed by atoms with Gasteiger partial charge in [0.2, 0.25) is 0 Å². The predicted molar refractivity (Wildman–Crippen MR) is 83.2 cm³/mol. The second-order valence-corrected chi connectivity index (χ2v) is 4.30. The van der Waals surface area contributed by atoms with E-state index in [1.54, 1.807) is 0 Å². The molecule has 0 aliphatic carbocycles. The second kappa shape index (κ2) is 11.4. The second-order valence-electron chi connectivity index (χ2n) is 3.92.